The Morgan fingerprint density at radius 3 is 1.57 bits per heavy atom. The minimum absolute atomic E-state index is 0.0636. The van der Waals surface area contributed by atoms with Crippen LogP contribution in [0.1, 0.15) is 68.7 Å². The van der Waals surface area contributed by atoms with Crippen molar-refractivity contribution in [2.45, 2.75) is 36.5 Å². The summed E-state index contributed by atoms with van der Waals surface area (Å²) in [6.07, 6.45) is 7.93. The predicted octanol–water partition coefficient (Wildman–Crippen LogP) is 6.97. The van der Waals surface area contributed by atoms with E-state index in [1.807, 2.05) is 54.6 Å². The van der Waals surface area contributed by atoms with Crippen LogP contribution in [0.25, 0.3) is 44.1 Å². The molecule has 9 heteroatoms. The molecule has 2 saturated carbocycles. The van der Waals surface area contributed by atoms with Crippen LogP contribution in [0, 0.1) is 22.7 Å². The van der Waals surface area contributed by atoms with E-state index in [4.69, 9.17) is 0 Å². The van der Waals surface area contributed by atoms with E-state index in [1.54, 1.807) is 24.4 Å². The fourth-order valence-electron chi connectivity index (χ4n) is 6.68. The van der Waals surface area contributed by atoms with Crippen LogP contribution in [0.5, 0.6) is 0 Å². The van der Waals surface area contributed by atoms with E-state index >= 15 is 0 Å². The summed E-state index contributed by atoms with van der Waals surface area (Å²) in [5.41, 5.74) is 8.64. The van der Waals surface area contributed by atoms with Gasteiger partial charge in [0.2, 0.25) is 0 Å². The van der Waals surface area contributed by atoms with E-state index in [0.29, 0.717) is 33.2 Å². The number of hydrogen-bond donors (Lipinski definition) is 5. The van der Waals surface area contributed by atoms with Crippen molar-refractivity contribution in [2.75, 3.05) is 13.2 Å². The summed E-state index contributed by atoms with van der Waals surface area (Å²) in [7, 11) is 0. The number of aromatic amines is 2. The van der Waals surface area contributed by atoms with E-state index < -0.39 is 5.97 Å². The molecule has 4 aromatic carbocycles. The fourth-order valence-corrected chi connectivity index (χ4v) is 6.68. The number of carboxylic acids is 1. The molecule has 2 aliphatic rings. The summed E-state index contributed by atoms with van der Waals surface area (Å²) in [5, 5.41) is 48.8. The number of aromatic nitrogens is 2. The van der Waals surface area contributed by atoms with Crippen molar-refractivity contribution in [2.24, 2.45) is 0 Å². The number of fused-ring (bicyclic) bond motifs is 2. The van der Waals surface area contributed by atoms with Crippen LogP contribution < -0.4 is 0 Å². The molecule has 5 N–H and O–H groups in total. The highest BCUT2D eigenvalue weighted by atomic mass is 16.4. The normalized spacial score (nSPS) is 15.1. The van der Waals surface area contributed by atoms with Crippen LogP contribution in [0.3, 0.4) is 0 Å². The second-order valence-corrected chi connectivity index (χ2v) is 13.0. The monoisotopic (exact) mass is 648 g/mol. The molecule has 0 amide bonds. The van der Waals surface area contributed by atoms with Gasteiger partial charge in [0, 0.05) is 61.7 Å². The first-order valence-corrected chi connectivity index (χ1v) is 16.0. The molecule has 0 bridgehead atoms. The minimum Gasteiger partial charge on any atom is -0.478 e. The number of carbonyl (C=O) groups excluding carboxylic acids is 1. The molecule has 0 aliphatic heterocycles. The molecule has 0 atom stereocenters. The van der Waals surface area contributed by atoms with Gasteiger partial charge in [-0.3, -0.25) is 4.79 Å². The third kappa shape index (κ3) is 5.55. The van der Waals surface area contributed by atoms with Gasteiger partial charge in [-0.2, -0.15) is 10.5 Å². The highest BCUT2D eigenvalue weighted by molar-refractivity contribution is 6.05. The summed E-state index contributed by atoms with van der Waals surface area (Å²) < 4.78 is 0. The van der Waals surface area contributed by atoms with Crippen LogP contribution in [0.15, 0.2) is 85.2 Å². The lowest BCUT2D eigenvalue weighted by atomic mass is 9.92. The first-order valence-electron chi connectivity index (χ1n) is 16.0. The van der Waals surface area contributed by atoms with Crippen molar-refractivity contribution in [3.05, 3.63) is 119 Å². The van der Waals surface area contributed by atoms with Crippen LogP contribution >= 0.6 is 0 Å². The molecular formula is C40H32N4O5. The summed E-state index contributed by atoms with van der Waals surface area (Å²) in [6.45, 7) is 0.320. The van der Waals surface area contributed by atoms with Gasteiger partial charge < -0.3 is 25.3 Å². The van der Waals surface area contributed by atoms with Crippen LogP contribution in [-0.2, 0) is 10.8 Å². The average molecular weight is 649 g/mol. The van der Waals surface area contributed by atoms with Crippen molar-refractivity contribution in [1.82, 2.24) is 9.97 Å². The lowest BCUT2D eigenvalue weighted by Gasteiger charge is -2.13. The maximum Gasteiger partial charge on any atom is 0.337 e. The van der Waals surface area contributed by atoms with E-state index in [2.05, 4.69) is 22.1 Å². The summed E-state index contributed by atoms with van der Waals surface area (Å²) in [4.78, 5) is 28.5. The van der Waals surface area contributed by atoms with Crippen LogP contribution in [0.4, 0.5) is 0 Å². The molecule has 0 saturated heterocycles. The van der Waals surface area contributed by atoms with Crippen molar-refractivity contribution >= 4 is 34.1 Å². The highest BCUT2D eigenvalue weighted by Gasteiger charge is 2.44. The molecule has 2 fully saturated rings. The van der Waals surface area contributed by atoms with Gasteiger partial charge >= 0.3 is 5.97 Å². The van der Waals surface area contributed by atoms with Gasteiger partial charge in [0.15, 0.2) is 6.29 Å². The van der Waals surface area contributed by atoms with Gasteiger partial charge in [0.05, 0.1) is 42.0 Å². The highest BCUT2D eigenvalue weighted by Crippen LogP contribution is 2.49. The smallest absolute Gasteiger partial charge is 0.337 e. The minimum atomic E-state index is -1.00. The molecule has 49 heavy (non-hydrogen) atoms. The Balaban J connectivity index is 0.000000154. The molecule has 8 rings (SSSR count). The Morgan fingerprint density at radius 1 is 0.714 bits per heavy atom. The Hall–Kier alpha value is -6.00. The standard InChI is InChI=1S/C20H16N2O3.C20H16N2O2/c21-9-13-7-18-16(17(10-22-18)19(24)25)8-15(13)12-1-3-14(4-2-12)20(11-23)5-6-20;21-9-14-7-19-18(15(11-23)10-22-19)8-17(14)13-1-3-16(4-2-13)20(12-24)5-6-20/h1-4,7-8,10,22-23H,5-6,11H2,(H,24,25);1-4,7-8,10-11,22,24H,5-6,12H2. The van der Waals surface area contributed by atoms with E-state index in [0.717, 1.165) is 70.7 Å². The number of nitrogens with one attached hydrogen (secondary N) is 2. The summed E-state index contributed by atoms with van der Waals surface area (Å²) >= 11 is 0. The molecule has 9 nitrogen and oxygen atoms in total. The van der Waals surface area contributed by atoms with Gasteiger partial charge in [-0.25, -0.2) is 4.79 Å². The quantitative estimate of drug-likeness (QED) is 0.111. The maximum absolute atomic E-state index is 11.4. The second-order valence-electron chi connectivity index (χ2n) is 13.0. The average Bonchev–Trinajstić information content (AvgIpc) is 4.05. The van der Waals surface area contributed by atoms with E-state index in [9.17, 15) is 35.4 Å². The van der Waals surface area contributed by atoms with Gasteiger partial charge in [-0.15, -0.1) is 0 Å². The number of aliphatic hydroxyl groups is 2. The zero-order chi connectivity index (χ0) is 34.3. The van der Waals surface area contributed by atoms with Crippen LogP contribution in [-0.4, -0.2) is 50.8 Å². The van der Waals surface area contributed by atoms with Crippen molar-refractivity contribution in [3.8, 4) is 34.4 Å². The predicted molar refractivity (Wildman–Crippen MR) is 185 cm³/mol. The van der Waals surface area contributed by atoms with Crippen molar-refractivity contribution < 1.29 is 24.9 Å². The number of carbonyl (C=O) groups is 2. The number of aldehydes is 1. The number of aromatic carboxylic acids is 1. The molecule has 2 aromatic heterocycles. The first-order chi connectivity index (χ1) is 23.8. The number of benzene rings is 4. The number of aliphatic hydroxyl groups excluding tert-OH is 2. The Bertz CT molecular complexity index is 2330. The molecule has 6 aromatic rings. The third-order valence-electron chi connectivity index (χ3n) is 10.2. The first kappa shape index (κ1) is 31.6. The number of hydrogen-bond acceptors (Lipinski definition) is 6. The fraction of sp³-hybridized carbons (Fsp3) is 0.200. The third-order valence-corrected chi connectivity index (χ3v) is 10.2. The SMILES string of the molecule is N#Cc1cc2[nH]cc(C(=O)O)c2cc1-c1ccc(C2(CO)CC2)cc1.N#Cc1cc2[nH]cc(C=O)c2cc1-c1ccc(C2(CO)CC2)cc1. The lowest BCUT2D eigenvalue weighted by Crippen LogP contribution is -2.11. The van der Waals surface area contributed by atoms with Gasteiger partial charge in [-0.1, -0.05) is 48.5 Å². The maximum atomic E-state index is 11.4. The number of rotatable bonds is 8. The van der Waals surface area contributed by atoms with E-state index in [1.165, 1.54) is 6.20 Å². The largest absolute Gasteiger partial charge is 0.478 e. The molecule has 2 aliphatic carbocycles. The lowest BCUT2D eigenvalue weighted by molar-refractivity contribution is 0.0699. The zero-order valence-corrected chi connectivity index (χ0v) is 26.5. The second kappa shape index (κ2) is 12.2. The zero-order valence-electron chi connectivity index (χ0n) is 26.5. The van der Waals surface area contributed by atoms with Gasteiger partial charge in [-0.05, 0) is 72.2 Å². The van der Waals surface area contributed by atoms with Gasteiger partial charge in [0.1, 0.15) is 0 Å². The van der Waals surface area contributed by atoms with Gasteiger partial charge in [0.25, 0.3) is 0 Å². The Kier molecular flexibility index (Phi) is 7.88. The molecule has 242 valence electrons. The topological polar surface area (TPSA) is 174 Å². The summed E-state index contributed by atoms with van der Waals surface area (Å²) in [6, 6.07) is 27.4. The number of H-pyrrole nitrogens is 2. The summed E-state index contributed by atoms with van der Waals surface area (Å²) in [5.74, 6) is -1.00. The van der Waals surface area contributed by atoms with Crippen molar-refractivity contribution in [1.29, 1.82) is 10.5 Å². The number of nitrogens with zero attached hydrogens (tertiary/aromatic N) is 2. The number of carboxylic acid groups (broad SMARTS) is 1. The number of nitriles is 2. The molecular weight excluding hydrogens is 616 g/mol. The van der Waals surface area contributed by atoms with E-state index in [-0.39, 0.29) is 29.6 Å². The molecule has 2 heterocycles. The van der Waals surface area contributed by atoms with Crippen LogP contribution in [0.2, 0.25) is 0 Å². The Labute approximate surface area is 281 Å². The molecule has 0 unspecified atom stereocenters. The molecule has 0 radical (unpaired) electrons. The Morgan fingerprint density at radius 2 is 1.16 bits per heavy atom. The molecule has 0 spiro atoms. The van der Waals surface area contributed by atoms with Crippen molar-refractivity contribution in [3.63, 3.8) is 0 Å².